The fourth-order valence-electron chi connectivity index (χ4n) is 5.23. The molecule has 2 fully saturated rings. The van der Waals surface area contributed by atoms with E-state index in [-0.39, 0.29) is 0 Å². The van der Waals surface area contributed by atoms with Crippen LogP contribution >= 0.6 is 0 Å². The minimum absolute atomic E-state index is 0.514. The van der Waals surface area contributed by atoms with Gasteiger partial charge in [0.05, 0.1) is 19.8 Å². The number of aryl methyl sites for hydroxylation is 1. The normalized spacial score (nSPS) is 24.0. The van der Waals surface area contributed by atoms with E-state index < -0.39 is 0 Å². The van der Waals surface area contributed by atoms with Crippen molar-refractivity contribution in [1.82, 2.24) is 15.1 Å². The third kappa shape index (κ3) is 6.68. The number of hydrogen-bond acceptors (Lipinski definition) is 5. The molecule has 2 aliphatic heterocycles. The van der Waals surface area contributed by atoms with Crippen molar-refractivity contribution in [1.29, 1.82) is 0 Å². The SMILES string of the molecule is CC(CN1CCOCC1)NCCCOc1ccc2c(c1)CCC(CN1CCCC1)C2. The third-order valence-electron chi connectivity index (χ3n) is 6.94. The molecule has 4 rings (SSSR count). The average molecular weight is 416 g/mol. The van der Waals surface area contributed by atoms with Gasteiger partial charge in [-0.2, -0.15) is 0 Å². The molecule has 2 atom stereocenters. The second-order valence-corrected chi connectivity index (χ2v) is 9.52. The standard InChI is InChI=1S/C25H41N3O2/c1-21(19-28-12-15-29-16-13-28)26-9-4-14-30-25-8-7-23-17-22(5-6-24(23)18-25)20-27-10-2-3-11-27/h7-8,18,21-22,26H,2-6,9-17,19-20H2,1H3. The second-order valence-electron chi connectivity index (χ2n) is 9.52. The Morgan fingerprint density at radius 3 is 2.77 bits per heavy atom. The molecule has 5 nitrogen and oxygen atoms in total. The van der Waals surface area contributed by atoms with Gasteiger partial charge in [0.25, 0.3) is 0 Å². The first-order chi connectivity index (χ1) is 14.8. The molecule has 2 saturated heterocycles. The van der Waals surface area contributed by atoms with Crippen molar-refractivity contribution in [2.24, 2.45) is 5.92 Å². The third-order valence-corrected chi connectivity index (χ3v) is 6.94. The minimum atomic E-state index is 0.514. The van der Waals surface area contributed by atoms with Crippen LogP contribution in [0.5, 0.6) is 5.75 Å². The summed E-state index contributed by atoms with van der Waals surface area (Å²) < 4.78 is 11.5. The Morgan fingerprint density at radius 2 is 1.93 bits per heavy atom. The largest absolute Gasteiger partial charge is 0.494 e. The molecule has 0 radical (unpaired) electrons. The highest BCUT2D eigenvalue weighted by atomic mass is 16.5. The van der Waals surface area contributed by atoms with Gasteiger partial charge in [-0.15, -0.1) is 0 Å². The smallest absolute Gasteiger partial charge is 0.119 e. The molecule has 5 heteroatoms. The van der Waals surface area contributed by atoms with Crippen molar-refractivity contribution >= 4 is 0 Å². The maximum Gasteiger partial charge on any atom is 0.119 e. The molecule has 1 aromatic carbocycles. The number of hydrogen-bond donors (Lipinski definition) is 1. The molecule has 1 aliphatic carbocycles. The molecule has 30 heavy (non-hydrogen) atoms. The number of ether oxygens (including phenoxy) is 2. The lowest BCUT2D eigenvalue weighted by Crippen LogP contribution is -2.44. The van der Waals surface area contributed by atoms with E-state index in [9.17, 15) is 0 Å². The van der Waals surface area contributed by atoms with E-state index in [1.165, 1.54) is 57.3 Å². The first kappa shape index (κ1) is 22.1. The molecular formula is C25H41N3O2. The summed E-state index contributed by atoms with van der Waals surface area (Å²) in [5, 5.41) is 3.63. The Kier molecular flexibility index (Phi) is 8.44. The van der Waals surface area contributed by atoms with Crippen molar-refractivity contribution in [3.63, 3.8) is 0 Å². The number of rotatable bonds is 10. The van der Waals surface area contributed by atoms with Crippen LogP contribution in [-0.4, -0.2) is 81.5 Å². The monoisotopic (exact) mass is 415 g/mol. The first-order valence-corrected chi connectivity index (χ1v) is 12.3. The van der Waals surface area contributed by atoms with Crippen LogP contribution in [0.15, 0.2) is 18.2 Å². The molecule has 0 spiro atoms. The Hall–Kier alpha value is -1.14. The van der Waals surface area contributed by atoms with Crippen LogP contribution < -0.4 is 10.1 Å². The zero-order valence-electron chi connectivity index (χ0n) is 18.9. The highest BCUT2D eigenvalue weighted by Crippen LogP contribution is 2.29. The van der Waals surface area contributed by atoms with E-state index in [0.29, 0.717) is 6.04 Å². The van der Waals surface area contributed by atoms with Gasteiger partial charge in [0.15, 0.2) is 0 Å². The molecule has 0 aromatic heterocycles. The number of morpholine rings is 1. The number of benzene rings is 1. The summed E-state index contributed by atoms with van der Waals surface area (Å²) in [7, 11) is 0. The quantitative estimate of drug-likeness (QED) is 0.595. The molecule has 1 N–H and O–H groups in total. The first-order valence-electron chi connectivity index (χ1n) is 12.3. The van der Waals surface area contributed by atoms with Crippen molar-refractivity contribution in [3.8, 4) is 5.75 Å². The predicted molar refractivity (Wildman–Crippen MR) is 122 cm³/mol. The maximum atomic E-state index is 6.06. The van der Waals surface area contributed by atoms with E-state index in [4.69, 9.17) is 9.47 Å². The van der Waals surface area contributed by atoms with Crippen LogP contribution in [-0.2, 0) is 17.6 Å². The number of likely N-dealkylation sites (tertiary alicyclic amines) is 1. The van der Waals surface area contributed by atoms with Crippen molar-refractivity contribution < 1.29 is 9.47 Å². The van der Waals surface area contributed by atoms with Crippen LogP contribution in [0, 0.1) is 5.92 Å². The summed E-state index contributed by atoms with van der Waals surface area (Å²) in [6.45, 7) is 13.0. The number of nitrogens with zero attached hydrogens (tertiary/aromatic N) is 2. The van der Waals surface area contributed by atoms with Gasteiger partial charge in [0.2, 0.25) is 0 Å². The van der Waals surface area contributed by atoms with E-state index in [0.717, 1.165) is 64.1 Å². The lowest BCUT2D eigenvalue weighted by atomic mass is 9.83. The molecule has 168 valence electrons. The molecule has 1 aromatic rings. The summed E-state index contributed by atoms with van der Waals surface area (Å²) >= 11 is 0. The summed E-state index contributed by atoms with van der Waals surface area (Å²) in [6.07, 6.45) is 7.63. The highest BCUT2D eigenvalue weighted by Gasteiger charge is 2.22. The Labute approximate surface area is 183 Å². The molecule has 0 saturated carbocycles. The number of nitrogens with one attached hydrogen (secondary N) is 1. The summed E-state index contributed by atoms with van der Waals surface area (Å²) in [6, 6.07) is 7.32. The molecule has 2 unspecified atom stereocenters. The molecule has 0 amide bonds. The fourth-order valence-corrected chi connectivity index (χ4v) is 5.23. The second kappa shape index (κ2) is 11.5. The Balaban J connectivity index is 1.12. The lowest BCUT2D eigenvalue weighted by molar-refractivity contribution is 0.0344. The molecule has 0 bridgehead atoms. The summed E-state index contributed by atoms with van der Waals surface area (Å²) in [5.74, 6) is 1.89. The van der Waals surface area contributed by atoms with Crippen LogP contribution in [0.25, 0.3) is 0 Å². The van der Waals surface area contributed by atoms with Crippen LogP contribution in [0.4, 0.5) is 0 Å². The number of fused-ring (bicyclic) bond motifs is 1. The minimum Gasteiger partial charge on any atom is -0.494 e. The predicted octanol–water partition coefficient (Wildman–Crippen LogP) is 2.97. The lowest BCUT2D eigenvalue weighted by Gasteiger charge is -2.29. The summed E-state index contributed by atoms with van der Waals surface area (Å²) in [5.41, 5.74) is 3.07. The van der Waals surface area contributed by atoms with Gasteiger partial charge in [-0.3, -0.25) is 4.90 Å². The van der Waals surface area contributed by atoms with Crippen molar-refractivity contribution in [2.45, 2.75) is 51.5 Å². The van der Waals surface area contributed by atoms with Gasteiger partial charge in [0, 0.05) is 32.2 Å². The van der Waals surface area contributed by atoms with Crippen molar-refractivity contribution in [3.05, 3.63) is 29.3 Å². The van der Waals surface area contributed by atoms with Gasteiger partial charge in [-0.25, -0.2) is 0 Å². The molecule has 3 aliphatic rings. The van der Waals surface area contributed by atoms with Crippen LogP contribution in [0.2, 0.25) is 0 Å². The Bertz CT molecular complexity index is 641. The summed E-state index contributed by atoms with van der Waals surface area (Å²) in [4.78, 5) is 5.16. The van der Waals surface area contributed by atoms with E-state index in [2.05, 4.69) is 40.2 Å². The van der Waals surface area contributed by atoms with Gasteiger partial charge in [-0.05, 0) is 94.3 Å². The molecular weight excluding hydrogens is 374 g/mol. The Morgan fingerprint density at radius 1 is 1.10 bits per heavy atom. The van der Waals surface area contributed by atoms with E-state index in [1.807, 2.05) is 0 Å². The highest BCUT2D eigenvalue weighted by molar-refractivity contribution is 5.37. The zero-order chi connectivity index (χ0) is 20.6. The zero-order valence-corrected chi connectivity index (χ0v) is 18.9. The van der Waals surface area contributed by atoms with Crippen LogP contribution in [0.3, 0.4) is 0 Å². The van der Waals surface area contributed by atoms with Crippen LogP contribution in [0.1, 0.15) is 43.7 Å². The topological polar surface area (TPSA) is 37.0 Å². The van der Waals surface area contributed by atoms with Gasteiger partial charge in [0.1, 0.15) is 5.75 Å². The van der Waals surface area contributed by atoms with E-state index in [1.54, 1.807) is 5.56 Å². The maximum absolute atomic E-state index is 6.06. The van der Waals surface area contributed by atoms with Gasteiger partial charge < -0.3 is 19.7 Å². The van der Waals surface area contributed by atoms with Crippen molar-refractivity contribution in [2.75, 3.05) is 65.6 Å². The molecule has 2 heterocycles. The average Bonchev–Trinajstić information content (AvgIpc) is 3.27. The fraction of sp³-hybridized carbons (Fsp3) is 0.760. The van der Waals surface area contributed by atoms with Gasteiger partial charge >= 0.3 is 0 Å². The van der Waals surface area contributed by atoms with Gasteiger partial charge in [-0.1, -0.05) is 6.07 Å². The van der Waals surface area contributed by atoms with E-state index >= 15 is 0 Å².